The van der Waals surface area contributed by atoms with Crippen molar-refractivity contribution >= 4 is 28.9 Å². The number of nitrogens with zero attached hydrogens (tertiary/aromatic N) is 2. The van der Waals surface area contributed by atoms with Crippen molar-refractivity contribution in [3.63, 3.8) is 0 Å². The van der Waals surface area contributed by atoms with Gasteiger partial charge in [-0.2, -0.15) is 5.10 Å². The lowest BCUT2D eigenvalue weighted by Crippen LogP contribution is -2.38. The van der Waals surface area contributed by atoms with Crippen molar-refractivity contribution in [3.05, 3.63) is 59.7 Å². The van der Waals surface area contributed by atoms with Crippen LogP contribution in [0.2, 0.25) is 0 Å². The summed E-state index contributed by atoms with van der Waals surface area (Å²) in [5, 5.41) is 6.68. The molecule has 0 saturated carbocycles. The number of hydrogen-bond acceptors (Lipinski definition) is 4. The number of rotatable bonds is 1. The molecule has 0 bridgehead atoms. The van der Waals surface area contributed by atoms with Gasteiger partial charge >= 0.3 is 0 Å². The molecular formula is C18H16N2OS. The minimum Gasteiger partial charge on any atom is -0.293 e. The Labute approximate surface area is 134 Å². The Morgan fingerprint density at radius 2 is 1.86 bits per heavy atom. The number of fused-ring (bicyclic) bond motifs is 2. The molecule has 0 aliphatic carbocycles. The highest BCUT2D eigenvalue weighted by Crippen LogP contribution is 2.45. The molecule has 2 aromatic carbocycles. The molecule has 3 nitrogen and oxygen atoms in total. The third kappa shape index (κ3) is 1.98. The van der Waals surface area contributed by atoms with Crippen molar-refractivity contribution in [3.8, 4) is 0 Å². The largest absolute Gasteiger partial charge is 0.293 e. The van der Waals surface area contributed by atoms with Crippen LogP contribution >= 0.6 is 11.8 Å². The maximum absolute atomic E-state index is 12.9. The summed E-state index contributed by atoms with van der Waals surface area (Å²) in [7, 11) is 0. The minimum atomic E-state index is -0.153. The Kier molecular flexibility index (Phi) is 3.08. The second-order valence-corrected chi connectivity index (χ2v) is 6.93. The quantitative estimate of drug-likeness (QED) is 0.794. The van der Waals surface area contributed by atoms with Gasteiger partial charge in [0, 0.05) is 16.2 Å². The summed E-state index contributed by atoms with van der Waals surface area (Å²) in [6, 6.07) is 16.2. The molecule has 0 aromatic heterocycles. The van der Waals surface area contributed by atoms with Gasteiger partial charge in [-0.15, -0.1) is 0 Å². The molecular weight excluding hydrogens is 292 g/mol. The van der Waals surface area contributed by atoms with Crippen LogP contribution < -0.4 is 5.01 Å². The van der Waals surface area contributed by atoms with E-state index in [-0.39, 0.29) is 17.1 Å². The minimum absolute atomic E-state index is 0.0186. The molecule has 22 heavy (non-hydrogen) atoms. The number of carbonyl (C=O) groups is 1. The lowest BCUT2D eigenvalue weighted by Gasteiger charge is -2.31. The van der Waals surface area contributed by atoms with Gasteiger partial charge in [-0.05, 0) is 38.1 Å². The van der Waals surface area contributed by atoms with E-state index in [1.807, 2.05) is 55.3 Å². The van der Waals surface area contributed by atoms with Gasteiger partial charge in [0.25, 0.3) is 0 Å². The Bertz CT molecular complexity index is 785. The van der Waals surface area contributed by atoms with E-state index in [0.717, 1.165) is 27.4 Å². The Morgan fingerprint density at radius 3 is 2.64 bits per heavy atom. The normalized spacial score (nSPS) is 23.1. The van der Waals surface area contributed by atoms with Gasteiger partial charge in [0.15, 0.2) is 5.78 Å². The maximum Gasteiger partial charge on any atom is 0.175 e. The molecule has 110 valence electrons. The van der Waals surface area contributed by atoms with Crippen molar-refractivity contribution in [1.29, 1.82) is 0 Å². The van der Waals surface area contributed by atoms with Crippen molar-refractivity contribution in [2.24, 2.45) is 11.0 Å². The third-order valence-corrected chi connectivity index (χ3v) is 5.52. The summed E-state index contributed by atoms with van der Waals surface area (Å²) in [6.07, 6.45) is 0. The van der Waals surface area contributed by atoms with Crippen LogP contribution in [-0.2, 0) is 0 Å². The fraction of sp³-hybridized carbons (Fsp3) is 0.222. The van der Waals surface area contributed by atoms with Crippen LogP contribution in [-0.4, -0.2) is 16.9 Å². The summed E-state index contributed by atoms with van der Waals surface area (Å²) in [5.74, 6) is 0.0432. The highest BCUT2D eigenvalue weighted by molar-refractivity contribution is 8.00. The van der Waals surface area contributed by atoms with Crippen LogP contribution in [0, 0.1) is 12.8 Å². The van der Waals surface area contributed by atoms with E-state index < -0.39 is 0 Å². The molecule has 2 aliphatic rings. The smallest absolute Gasteiger partial charge is 0.175 e. The second-order valence-electron chi connectivity index (χ2n) is 5.77. The molecule has 2 aromatic rings. The molecule has 2 unspecified atom stereocenters. The Balaban J connectivity index is 1.79. The van der Waals surface area contributed by atoms with Crippen molar-refractivity contribution in [1.82, 2.24) is 0 Å². The Morgan fingerprint density at radius 1 is 1.09 bits per heavy atom. The number of para-hydroxylation sites is 1. The predicted octanol–water partition coefficient (Wildman–Crippen LogP) is 4.12. The second kappa shape index (κ2) is 4.99. The van der Waals surface area contributed by atoms with E-state index in [4.69, 9.17) is 0 Å². The fourth-order valence-corrected chi connectivity index (χ4v) is 4.51. The molecule has 2 atom stereocenters. The van der Waals surface area contributed by atoms with Crippen LogP contribution in [0.5, 0.6) is 0 Å². The summed E-state index contributed by atoms with van der Waals surface area (Å²) < 4.78 is 0. The maximum atomic E-state index is 12.9. The van der Waals surface area contributed by atoms with E-state index >= 15 is 0 Å². The van der Waals surface area contributed by atoms with Gasteiger partial charge in [0.2, 0.25) is 0 Å². The van der Waals surface area contributed by atoms with Gasteiger partial charge in [-0.25, -0.2) is 0 Å². The highest BCUT2D eigenvalue weighted by Gasteiger charge is 2.45. The van der Waals surface area contributed by atoms with E-state index in [2.05, 4.69) is 17.2 Å². The molecule has 0 fully saturated rings. The van der Waals surface area contributed by atoms with Crippen LogP contribution in [0.15, 0.2) is 58.5 Å². The Hall–Kier alpha value is -2.07. The van der Waals surface area contributed by atoms with Gasteiger partial charge in [0.1, 0.15) is 5.37 Å². The highest BCUT2D eigenvalue weighted by atomic mass is 32.2. The summed E-state index contributed by atoms with van der Waals surface area (Å²) >= 11 is 1.74. The summed E-state index contributed by atoms with van der Waals surface area (Å²) in [5.41, 5.74) is 3.90. The van der Waals surface area contributed by atoms with Gasteiger partial charge in [-0.3, -0.25) is 9.80 Å². The predicted molar refractivity (Wildman–Crippen MR) is 90.7 cm³/mol. The lowest BCUT2D eigenvalue weighted by atomic mass is 9.92. The van der Waals surface area contributed by atoms with Gasteiger partial charge < -0.3 is 0 Å². The number of hydrogen-bond donors (Lipinski definition) is 0. The molecule has 0 spiro atoms. The number of aryl methyl sites for hydroxylation is 1. The first-order valence-corrected chi connectivity index (χ1v) is 8.24. The average Bonchev–Trinajstić information content (AvgIpc) is 2.86. The lowest BCUT2D eigenvalue weighted by molar-refractivity contribution is 0.0950. The topological polar surface area (TPSA) is 32.7 Å². The van der Waals surface area contributed by atoms with Crippen LogP contribution in [0.3, 0.4) is 0 Å². The zero-order valence-electron chi connectivity index (χ0n) is 12.5. The van der Waals surface area contributed by atoms with Crippen LogP contribution in [0.25, 0.3) is 0 Å². The van der Waals surface area contributed by atoms with E-state index in [1.54, 1.807) is 11.8 Å². The molecule has 2 aliphatic heterocycles. The molecule has 0 saturated heterocycles. The molecule has 0 amide bonds. The number of benzene rings is 2. The van der Waals surface area contributed by atoms with Crippen molar-refractivity contribution in [2.75, 3.05) is 5.01 Å². The van der Waals surface area contributed by atoms with Crippen LogP contribution in [0.4, 0.5) is 5.69 Å². The standard InChI is InChI=1S/C18H16N2OS/c1-11-8-9-15-14(10-11)17(21)16-12(2)19-20(18(16)22-15)13-6-4-3-5-7-13/h3-10,16,18H,1-2H3. The molecule has 0 radical (unpaired) electrons. The summed E-state index contributed by atoms with van der Waals surface area (Å²) in [4.78, 5) is 14.0. The van der Waals surface area contributed by atoms with Gasteiger partial charge in [0.05, 0.1) is 11.6 Å². The number of hydrazone groups is 1. The van der Waals surface area contributed by atoms with E-state index in [1.165, 1.54) is 0 Å². The van der Waals surface area contributed by atoms with Gasteiger partial charge in [-0.1, -0.05) is 41.6 Å². The third-order valence-electron chi connectivity index (χ3n) is 4.19. The van der Waals surface area contributed by atoms with E-state index in [0.29, 0.717) is 0 Å². The number of Topliss-reactive ketones (excluding diaryl/α,β-unsaturated/α-hetero) is 1. The number of thioether (sulfide) groups is 1. The summed E-state index contributed by atoms with van der Waals surface area (Å²) in [6.45, 7) is 3.98. The zero-order chi connectivity index (χ0) is 15.3. The number of ketones is 1. The first-order chi connectivity index (χ1) is 10.6. The first kappa shape index (κ1) is 13.6. The van der Waals surface area contributed by atoms with E-state index in [9.17, 15) is 4.79 Å². The molecule has 4 rings (SSSR count). The molecule has 4 heteroatoms. The monoisotopic (exact) mass is 308 g/mol. The number of carbonyl (C=O) groups excluding carboxylic acids is 1. The van der Waals surface area contributed by atoms with Crippen molar-refractivity contribution < 1.29 is 4.79 Å². The molecule has 0 N–H and O–H groups in total. The number of anilines is 1. The van der Waals surface area contributed by atoms with Crippen molar-refractivity contribution in [2.45, 2.75) is 24.1 Å². The average molecular weight is 308 g/mol. The first-order valence-electron chi connectivity index (χ1n) is 7.36. The SMILES string of the molecule is CC1=NN(c2ccccc2)C2Sc3ccc(C)cc3C(=O)C12. The van der Waals surface area contributed by atoms with Crippen LogP contribution in [0.1, 0.15) is 22.8 Å². The molecule has 2 heterocycles. The fourth-order valence-electron chi connectivity index (χ4n) is 3.10. The zero-order valence-corrected chi connectivity index (χ0v) is 13.3.